The van der Waals surface area contributed by atoms with E-state index in [1.807, 2.05) is 25.1 Å². The van der Waals surface area contributed by atoms with Crippen molar-refractivity contribution >= 4 is 11.7 Å². The van der Waals surface area contributed by atoms with Crippen LogP contribution in [0, 0.1) is 19.8 Å². The fourth-order valence-electron chi connectivity index (χ4n) is 2.36. The zero-order valence-corrected chi connectivity index (χ0v) is 14.9. The van der Waals surface area contributed by atoms with Gasteiger partial charge in [-0.3, -0.25) is 4.79 Å². The molecule has 5 nitrogen and oxygen atoms in total. The molecule has 0 fully saturated rings. The van der Waals surface area contributed by atoms with E-state index >= 15 is 0 Å². The Bertz CT molecular complexity index is 698. The molecule has 128 valence electrons. The lowest BCUT2D eigenvalue weighted by molar-refractivity contribution is 0.0945. The zero-order chi connectivity index (χ0) is 17.5. The fourth-order valence-corrected chi connectivity index (χ4v) is 2.36. The van der Waals surface area contributed by atoms with E-state index in [0.717, 1.165) is 18.5 Å². The lowest BCUT2D eigenvalue weighted by Crippen LogP contribution is -2.24. The second-order valence-electron chi connectivity index (χ2n) is 6.47. The van der Waals surface area contributed by atoms with Crippen LogP contribution in [0.2, 0.25) is 0 Å². The topological polar surface area (TPSA) is 66.9 Å². The Labute approximate surface area is 143 Å². The second kappa shape index (κ2) is 8.43. The number of nitrogens with one attached hydrogen (secondary N) is 2. The van der Waals surface area contributed by atoms with Crippen molar-refractivity contribution in [3.05, 3.63) is 53.0 Å². The molecular weight excluding hydrogens is 300 g/mol. The van der Waals surface area contributed by atoms with Gasteiger partial charge in [0.2, 0.25) is 0 Å². The molecular formula is C19H26N4O. The SMILES string of the molecule is Cc1cccc(CNC(=O)c2cc(NCCC(C)C)nc(C)n2)c1. The van der Waals surface area contributed by atoms with E-state index in [4.69, 9.17) is 0 Å². The van der Waals surface area contributed by atoms with Gasteiger partial charge in [-0.2, -0.15) is 0 Å². The Kier molecular flexibility index (Phi) is 6.29. The molecule has 0 aliphatic rings. The van der Waals surface area contributed by atoms with E-state index in [2.05, 4.69) is 40.5 Å². The molecule has 0 unspecified atom stereocenters. The van der Waals surface area contributed by atoms with Gasteiger partial charge in [-0.05, 0) is 31.7 Å². The predicted octanol–water partition coefficient (Wildman–Crippen LogP) is 3.48. The summed E-state index contributed by atoms with van der Waals surface area (Å²) in [6.45, 7) is 9.51. The van der Waals surface area contributed by atoms with Crippen LogP contribution < -0.4 is 10.6 Å². The summed E-state index contributed by atoms with van der Waals surface area (Å²) in [5.41, 5.74) is 2.64. The average molecular weight is 326 g/mol. The number of rotatable bonds is 7. The monoisotopic (exact) mass is 326 g/mol. The van der Waals surface area contributed by atoms with Gasteiger partial charge in [-0.1, -0.05) is 43.7 Å². The normalized spacial score (nSPS) is 10.7. The van der Waals surface area contributed by atoms with Crippen LogP contribution in [0.3, 0.4) is 0 Å². The van der Waals surface area contributed by atoms with E-state index in [1.54, 1.807) is 13.0 Å². The first-order valence-corrected chi connectivity index (χ1v) is 8.37. The van der Waals surface area contributed by atoms with Crippen LogP contribution in [0.25, 0.3) is 0 Å². The number of aromatic nitrogens is 2. The van der Waals surface area contributed by atoms with E-state index < -0.39 is 0 Å². The van der Waals surface area contributed by atoms with E-state index in [1.165, 1.54) is 5.56 Å². The quantitative estimate of drug-likeness (QED) is 0.817. The first-order chi connectivity index (χ1) is 11.4. The van der Waals surface area contributed by atoms with Gasteiger partial charge in [0.15, 0.2) is 0 Å². The van der Waals surface area contributed by atoms with Gasteiger partial charge in [0.1, 0.15) is 17.3 Å². The number of amides is 1. The second-order valence-corrected chi connectivity index (χ2v) is 6.47. The van der Waals surface area contributed by atoms with E-state index in [0.29, 0.717) is 29.8 Å². The van der Waals surface area contributed by atoms with Crippen molar-refractivity contribution in [3.63, 3.8) is 0 Å². The third-order valence-corrected chi connectivity index (χ3v) is 3.63. The number of carbonyl (C=O) groups excluding carboxylic acids is 1. The minimum absolute atomic E-state index is 0.186. The minimum Gasteiger partial charge on any atom is -0.370 e. The number of hydrogen-bond donors (Lipinski definition) is 2. The molecule has 24 heavy (non-hydrogen) atoms. The van der Waals surface area contributed by atoms with Crippen LogP contribution in [0.4, 0.5) is 5.82 Å². The molecule has 0 spiro atoms. The smallest absolute Gasteiger partial charge is 0.270 e. The first kappa shape index (κ1) is 17.9. The lowest BCUT2D eigenvalue weighted by Gasteiger charge is -2.10. The number of nitrogens with zero attached hydrogens (tertiary/aromatic N) is 2. The van der Waals surface area contributed by atoms with Crippen molar-refractivity contribution in [1.82, 2.24) is 15.3 Å². The molecule has 1 aromatic carbocycles. The Morgan fingerprint density at radius 2 is 1.96 bits per heavy atom. The summed E-state index contributed by atoms with van der Waals surface area (Å²) >= 11 is 0. The van der Waals surface area contributed by atoms with Gasteiger partial charge in [0, 0.05) is 19.2 Å². The summed E-state index contributed by atoms with van der Waals surface area (Å²) in [4.78, 5) is 20.9. The standard InChI is InChI=1S/C19H26N4O/c1-13(2)8-9-20-18-11-17(22-15(4)23-18)19(24)21-12-16-7-5-6-14(3)10-16/h5-7,10-11,13H,8-9,12H2,1-4H3,(H,21,24)(H,20,22,23). The van der Waals surface area contributed by atoms with Crippen molar-refractivity contribution in [1.29, 1.82) is 0 Å². The maximum atomic E-state index is 12.4. The molecule has 5 heteroatoms. The molecule has 0 saturated carbocycles. The summed E-state index contributed by atoms with van der Waals surface area (Å²) in [6, 6.07) is 9.79. The van der Waals surface area contributed by atoms with E-state index in [9.17, 15) is 4.79 Å². The Morgan fingerprint density at radius 3 is 2.67 bits per heavy atom. The van der Waals surface area contributed by atoms with Crippen LogP contribution in [-0.2, 0) is 6.54 Å². The third-order valence-electron chi connectivity index (χ3n) is 3.63. The van der Waals surface area contributed by atoms with Crippen LogP contribution in [-0.4, -0.2) is 22.4 Å². The zero-order valence-electron chi connectivity index (χ0n) is 14.9. The lowest BCUT2D eigenvalue weighted by atomic mass is 10.1. The molecule has 0 bridgehead atoms. The largest absolute Gasteiger partial charge is 0.370 e. The number of carbonyl (C=O) groups is 1. The number of aryl methyl sites for hydroxylation is 2. The van der Waals surface area contributed by atoms with Crippen LogP contribution in [0.1, 0.15) is 47.7 Å². The Balaban J connectivity index is 1.99. The summed E-state index contributed by atoms with van der Waals surface area (Å²) in [6.07, 6.45) is 1.05. The molecule has 1 amide bonds. The van der Waals surface area contributed by atoms with Crippen molar-refractivity contribution < 1.29 is 4.79 Å². The number of hydrogen-bond acceptors (Lipinski definition) is 4. The van der Waals surface area contributed by atoms with E-state index in [-0.39, 0.29) is 5.91 Å². The first-order valence-electron chi connectivity index (χ1n) is 8.37. The molecule has 1 aromatic heterocycles. The summed E-state index contributed by atoms with van der Waals surface area (Å²) in [5.74, 6) is 1.72. The van der Waals surface area contributed by atoms with Gasteiger partial charge < -0.3 is 10.6 Å². The Morgan fingerprint density at radius 1 is 1.17 bits per heavy atom. The van der Waals surface area contributed by atoms with Gasteiger partial charge in [0.05, 0.1) is 0 Å². The number of benzene rings is 1. The van der Waals surface area contributed by atoms with Crippen LogP contribution >= 0.6 is 0 Å². The third kappa shape index (κ3) is 5.65. The summed E-state index contributed by atoms with van der Waals surface area (Å²) in [5, 5.41) is 6.18. The highest BCUT2D eigenvalue weighted by Crippen LogP contribution is 2.09. The molecule has 2 aromatic rings. The van der Waals surface area contributed by atoms with Crippen molar-refractivity contribution in [3.8, 4) is 0 Å². The van der Waals surface area contributed by atoms with Crippen molar-refractivity contribution in [2.24, 2.45) is 5.92 Å². The van der Waals surface area contributed by atoms with Gasteiger partial charge in [-0.15, -0.1) is 0 Å². The maximum Gasteiger partial charge on any atom is 0.270 e. The van der Waals surface area contributed by atoms with Gasteiger partial charge >= 0.3 is 0 Å². The highest BCUT2D eigenvalue weighted by molar-refractivity contribution is 5.92. The maximum absolute atomic E-state index is 12.4. The molecule has 2 rings (SSSR count). The minimum atomic E-state index is -0.186. The Hall–Kier alpha value is -2.43. The molecule has 0 aliphatic heterocycles. The predicted molar refractivity (Wildman–Crippen MR) is 97.1 cm³/mol. The highest BCUT2D eigenvalue weighted by atomic mass is 16.1. The van der Waals surface area contributed by atoms with Gasteiger partial charge in [0.25, 0.3) is 5.91 Å². The molecule has 0 radical (unpaired) electrons. The number of anilines is 1. The van der Waals surface area contributed by atoms with Crippen LogP contribution in [0.15, 0.2) is 30.3 Å². The summed E-state index contributed by atoms with van der Waals surface area (Å²) in [7, 11) is 0. The van der Waals surface area contributed by atoms with Gasteiger partial charge in [-0.25, -0.2) is 9.97 Å². The molecule has 0 aliphatic carbocycles. The molecule has 0 saturated heterocycles. The molecule has 1 heterocycles. The fraction of sp³-hybridized carbons (Fsp3) is 0.421. The molecule has 2 N–H and O–H groups in total. The van der Waals surface area contributed by atoms with Crippen molar-refractivity contribution in [2.45, 2.75) is 40.7 Å². The average Bonchev–Trinajstić information content (AvgIpc) is 2.52. The summed E-state index contributed by atoms with van der Waals surface area (Å²) < 4.78 is 0. The van der Waals surface area contributed by atoms with Crippen LogP contribution in [0.5, 0.6) is 0 Å². The van der Waals surface area contributed by atoms with Crippen molar-refractivity contribution in [2.75, 3.05) is 11.9 Å². The molecule has 0 atom stereocenters. The highest BCUT2D eigenvalue weighted by Gasteiger charge is 2.10.